The van der Waals surface area contributed by atoms with Gasteiger partial charge in [-0.3, -0.25) is 4.99 Å². The number of phenolic OH excluding ortho intramolecular Hbond substituents is 1. The van der Waals surface area contributed by atoms with Crippen molar-refractivity contribution in [1.29, 1.82) is 0 Å². The molecule has 0 aliphatic heterocycles. The molecule has 0 amide bonds. The van der Waals surface area contributed by atoms with Crippen molar-refractivity contribution in [3.63, 3.8) is 0 Å². The smallest absolute Gasteiger partial charge is 0.191 e. The molecule has 0 aliphatic carbocycles. The normalized spacial score (nSPS) is 11.3. The van der Waals surface area contributed by atoms with Crippen LogP contribution in [0.3, 0.4) is 0 Å². The summed E-state index contributed by atoms with van der Waals surface area (Å²) < 4.78 is 10.4. The number of nitrogens with zero attached hydrogens (tertiary/aromatic N) is 1. The molecule has 0 saturated carbocycles. The van der Waals surface area contributed by atoms with E-state index in [-0.39, 0.29) is 5.75 Å². The van der Waals surface area contributed by atoms with Crippen molar-refractivity contribution in [2.75, 3.05) is 40.0 Å². The Labute approximate surface area is 138 Å². The second-order valence-corrected chi connectivity index (χ2v) is 4.99. The number of benzene rings is 1. The summed E-state index contributed by atoms with van der Waals surface area (Å²) in [7, 11) is 1.55. The molecule has 0 spiro atoms. The van der Waals surface area contributed by atoms with Gasteiger partial charge in [-0.05, 0) is 44.4 Å². The molecule has 23 heavy (non-hydrogen) atoms. The van der Waals surface area contributed by atoms with Crippen molar-refractivity contribution in [3.8, 4) is 11.5 Å². The van der Waals surface area contributed by atoms with Crippen LogP contribution in [0.25, 0.3) is 0 Å². The van der Waals surface area contributed by atoms with Crippen molar-refractivity contribution in [2.24, 2.45) is 4.99 Å². The fourth-order valence-electron chi connectivity index (χ4n) is 2.05. The van der Waals surface area contributed by atoms with Gasteiger partial charge in [-0.25, -0.2) is 0 Å². The van der Waals surface area contributed by atoms with Crippen LogP contribution in [0, 0.1) is 0 Å². The Morgan fingerprint density at radius 1 is 1.26 bits per heavy atom. The molecule has 0 atom stereocenters. The molecule has 0 aliphatic rings. The summed E-state index contributed by atoms with van der Waals surface area (Å²) in [4.78, 5) is 4.51. The molecule has 6 nitrogen and oxygen atoms in total. The van der Waals surface area contributed by atoms with E-state index in [1.807, 2.05) is 26.0 Å². The third kappa shape index (κ3) is 7.74. The quantitative estimate of drug-likeness (QED) is 0.348. The summed E-state index contributed by atoms with van der Waals surface area (Å²) in [5.41, 5.74) is 1.10. The molecule has 1 rings (SSSR count). The first kappa shape index (κ1) is 19.1. The van der Waals surface area contributed by atoms with Crippen molar-refractivity contribution < 1.29 is 14.6 Å². The lowest BCUT2D eigenvalue weighted by Gasteiger charge is -2.12. The predicted molar refractivity (Wildman–Crippen MR) is 93.5 cm³/mol. The van der Waals surface area contributed by atoms with Crippen LogP contribution < -0.4 is 15.4 Å². The Morgan fingerprint density at radius 2 is 2.09 bits per heavy atom. The minimum absolute atomic E-state index is 0.161. The van der Waals surface area contributed by atoms with Crippen LogP contribution in [0.1, 0.15) is 25.8 Å². The largest absolute Gasteiger partial charge is 0.504 e. The molecule has 0 radical (unpaired) electrons. The van der Waals surface area contributed by atoms with Gasteiger partial charge in [-0.2, -0.15) is 0 Å². The van der Waals surface area contributed by atoms with Gasteiger partial charge in [0.25, 0.3) is 0 Å². The average molecular weight is 323 g/mol. The molecular formula is C17H29N3O3. The lowest BCUT2D eigenvalue weighted by atomic mass is 10.1. The van der Waals surface area contributed by atoms with Crippen LogP contribution in [-0.4, -0.2) is 51.0 Å². The van der Waals surface area contributed by atoms with Crippen LogP contribution in [0.4, 0.5) is 0 Å². The number of hydrogen-bond acceptors (Lipinski definition) is 4. The predicted octanol–water partition coefficient (Wildman–Crippen LogP) is 1.92. The highest BCUT2D eigenvalue weighted by atomic mass is 16.5. The lowest BCUT2D eigenvalue weighted by molar-refractivity contribution is 0.146. The van der Waals surface area contributed by atoms with Crippen LogP contribution in [-0.2, 0) is 11.2 Å². The number of phenols is 1. The third-order valence-corrected chi connectivity index (χ3v) is 3.22. The summed E-state index contributed by atoms with van der Waals surface area (Å²) in [5.74, 6) is 1.47. The molecule has 1 aromatic rings. The van der Waals surface area contributed by atoms with Gasteiger partial charge in [0.15, 0.2) is 17.5 Å². The van der Waals surface area contributed by atoms with E-state index in [1.54, 1.807) is 13.2 Å². The molecule has 0 bridgehead atoms. The van der Waals surface area contributed by atoms with E-state index in [9.17, 15) is 5.11 Å². The lowest BCUT2D eigenvalue weighted by Crippen LogP contribution is -2.38. The Bertz CT molecular complexity index is 478. The standard InChI is InChI=1S/C17H29N3O3/c1-4-18-17(19-10-6-12-23-5-2)20-11-9-14-7-8-15(21)16(13-14)22-3/h7-8,13,21H,4-6,9-12H2,1-3H3,(H2,18,19,20). The molecule has 6 heteroatoms. The van der Waals surface area contributed by atoms with E-state index >= 15 is 0 Å². The highest BCUT2D eigenvalue weighted by Gasteiger charge is 2.03. The highest BCUT2D eigenvalue weighted by molar-refractivity contribution is 5.79. The molecule has 0 aromatic heterocycles. The van der Waals surface area contributed by atoms with Gasteiger partial charge in [-0.1, -0.05) is 6.07 Å². The SMILES string of the molecule is CCNC(=NCCCOCC)NCCc1ccc(O)c(OC)c1. The summed E-state index contributed by atoms with van der Waals surface area (Å²) in [6.45, 7) is 7.85. The molecule has 0 fully saturated rings. The van der Waals surface area contributed by atoms with Crippen molar-refractivity contribution >= 4 is 5.96 Å². The monoisotopic (exact) mass is 323 g/mol. The first-order valence-corrected chi connectivity index (χ1v) is 8.17. The van der Waals surface area contributed by atoms with Crippen LogP contribution >= 0.6 is 0 Å². The van der Waals surface area contributed by atoms with E-state index in [4.69, 9.17) is 9.47 Å². The summed E-state index contributed by atoms with van der Waals surface area (Å²) in [6, 6.07) is 5.40. The molecular weight excluding hydrogens is 294 g/mol. The van der Waals surface area contributed by atoms with E-state index in [1.165, 1.54) is 0 Å². The maximum Gasteiger partial charge on any atom is 0.191 e. The Balaban J connectivity index is 2.41. The molecule has 1 aromatic carbocycles. The van der Waals surface area contributed by atoms with E-state index < -0.39 is 0 Å². The van der Waals surface area contributed by atoms with Gasteiger partial charge in [-0.15, -0.1) is 0 Å². The average Bonchev–Trinajstić information content (AvgIpc) is 2.56. The second-order valence-electron chi connectivity index (χ2n) is 4.99. The Morgan fingerprint density at radius 3 is 2.78 bits per heavy atom. The minimum Gasteiger partial charge on any atom is -0.504 e. The van der Waals surface area contributed by atoms with E-state index in [2.05, 4.69) is 15.6 Å². The molecule has 3 N–H and O–H groups in total. The van der Waals surface area contributed by atoms with Gasteiger partial charge in [0.05, 0.1) is 7.11 Å². The maximum atomic E-state index is 9.60. The van der Waals surface area contributed by atoms with Crippen LogP contribution in [0.5, 0.6) is 11.5 Å². The highest BCUT2D eigenvalue weighted by Crippen LogP contribution is 2.26. The zero-order chi connectivity index (χ0) is 16.9. The van der Waals surface area contributed by atoms with Crippen molar-refractivity contribution in [1.82, 2.24) is 10.6 Å². The van der Waals surface area contributed by atoms with Gasteiger partial charge in [0.1, 0.15) is 0 Å². The molecule has 0 heterocycles. The number of hydrogen-bond donors (Lipinski definition) is 3. The number of guanidine groups is 1. The van der Waals surface area contributed by atoms with Gasteiger partial charge < -0.3 is 25.2 Å². The van der Waals surface area contributed by atoms with Crippen LogP contribution in [0.15, 0.2) is 23.2 Å². The second kappa shape index (κ2) is 11.6. The fourth-order valence-corrected chi connectivity index (χ4v) is 2.05. The van der Waals surface area contributed by atoms with Crippen LogP contribution in [0.2, 0.25) is 0 Å². The van der Waals surface area contributed by atoms with Gasteiger partial charge in [0.2, 0.25) is 0 Å². The summed E-state index contributed by atoms with van der Waals surface area (Å²) in [5, 5.41) is 16.1. The molecule has 0 unspecified atom stereocenters. The zero-order valence-electron chi connectivity index (χ0n) is 14.4. The number of rotatable bonds is 10. The van der Waals surface area contributed by atoms with Crippen molar-refractivity contribution in [2.45, 2.75) is 26.7 Å². The number of ether oxygens (including phenoxy) is 2. The molecule has 130 valence electrons. The number of nitrogens with one attached hydrogen (secondary N) is 2. The zero-order valence-corrected chi connectivity index (χ0v) is 14.4. The number of aliphatic imine (C=N–C) groups is 1. The number of aromatic hydroxyl groups is 1. The van der Waals surface area contributed by atoms with Crippen molar-refractivity contribution in [3.05, 3.63) is 23.8 Å². The number of methoxy groups -OCH3 is 1. The topological polar surface area (TPSA) is 75.1 Å². The van der Waals surface area contributed by atoms with E-state index in [0.29, 0.717) is 5.75 Å². The van der Waals surface area contributed by atoms with E-state index in [0.717, 1.165) is 57.2 Å². The minimum atomic E-state index is 0.161. The fraction of sp³-hybridized carbons (Fsp3) is 0.588. The molecule has 0 saturated heterocycles. The first-order chi connectivity index (χ1) is 11.2. The Hall–Kier alpha value is -1.95. The summed E-state index contributed by atoms with van der Waals surface area (Å²) in [6.07, 6.45) is 1.74. The first-order valence-electron chi connectivity index (χ1n) is 8.17. The van der Waals surface area contributed by atoms with Gasteiger partial charge >= 0.3 is 0 Å². The van der Waals surface area contributed by atoms with Gasteiger partial charge in [0, 0.05) is 32.8 Å². The Kier molecular flexibility index (Phi) is 9.63. The maximum absolute atomic E-state index is 9.60. The summed E-state index contributed by atoms with van der Waals surface area (Å²) >= 11 is 0. The third-order valence-electron chi connectivity index (χ3n) is 3.22.